The number of fused-ring (bicyclic) bond motifs is 4. The van der Waals surface area contributed by atoms with Gasteiger partial charge >= 0.3 is 0 Å². The second kappa shape index (κ2) is 15.5. The van der Waals surface area contributed by atoms with Crippen LogP contribution >= 0.6 is 0 Å². The standard InChI is InChI=1S/C57H44N5/c1-40(2)43-34-35-58-56(36-43)62-52-29-13-12-26-50(52)51-33-32-47(38-55(51)62)61(57-48(41-18-6-3-7-19-41)27-17-28-49(57)42-20-8-4-9-21-42)46-25-16-24-45(37-46)60-39-59(44-22-10-5-11-23-44)53-30-14-15-31-54(53)60/h3-40H,1-2H3/q+1. The van der Waals surface area contributed by atoms with Crippen LogP contribution in [0.5, 0.6) is 0 Å². The van der Waals surface area contributed by atoms with Crippen LogP contribution in [0.3, 0.4) is 0 Å². The molecule has 0 spiro atoms. The van der Waals surface area contributed by atoms with Gasteiger partial charge in [0.15, 0.2) is 17.4 Å². The molecule has 0 unspecified atom stereocenters. The molecule has 0 fully saturated rings. The van der Waals surface area contributed by atoms with E-state index in [1.165, 1.54) is 16.3 Å². The Hall–Kier alpha value is -8.02. The molecule has 3 heterocycles. The van der Waals surface area contributed by atoms with Gasteiger partial charge in [0.1, 0.15) is 17.2 Å². The fourth-order valence-electron chi connectivity index (χ4n) is 9.05. The summed E-state index contributed by atoms with van der Waals surface area (Å²) in [6.45, 7) is 4.47. The van der Waals surface area contributed by atoms with E-state index in [4.69, 9.17) is 4.98 Å². The molecule has 0 amide bonds. The summed E-state index contributed by atoms with van der Waals surface area (Å²) in [7, 11) is 0. The number of benzene rings is 8. The summed E-state index contributed by atoms with van der Waals surface area (Å²) in [4.78, 5) is 7.46. The van der Waals surface area contributed by atoms with Gasteiger partial charge in [0, 0.05) is 52.0 Å². The van der Waals surface area contributed by atoms with E-state index in [0.717, 1.165) is 78.6 Å². The van der Waals surface area contributed by atoms with Gasteiger partial charge in [0.05, 0.1) is 22.4 Å². The summed E-state index contributed by atoms with van der Waals surface area (Å²) in [5, 5.41) is 2.37. The molecular formula is C57H44N5+. The van der Waals surface area contributed by atoms with Crippen LogP contribution in [0, 0.1) is 0 Å². The van der Waals surface area contributed by atoms with E-state index in [-0.39, 0.29) is 0 Å². The van der Waals surface area contributed by atoms with Gasteiger partial charge < -0.3 is 4.90 Å². The Labute approximate surface area is 361 Å². The lowest BCUT2D eigenvalue weighted by molar-refractivity contribution is 0.858. The van der Waals surface area contributed by atoms with E-state index < -0.39 is 0 Å². The Morgan fingerprint density at radius 1 is 0.452 bits per heavy atom. The van der Waals surface area contributed by atoms with Crippen LogP contribution in [-0.2, 0) is 0 Å². The van der Waals surface area contributed by atoms with E-state index in [1.807, 2.05) is 6.20 Å². The summed E-state index contributed by atoms with van der Waals surface area (Å²) in [6.07, 6.45) is 4.15. The lowest BCUT2D eigenvalue weighted by Crippen LogP contribution is -2.13. The molecule has 0 saturated heterocycles. The van der Waals surface area contributed by atoms with Crippen molar-refractivity contribution in [3.63, 3.8) is 0 Å². The first kappa shape index (κ1) is 37.0. The van der Waals surface area contributed by atoms with Crippen LogP contribution in [0.4, 0.5) is 17.1 Å². The van der Waals surface area contributed by atoms with E-state index in [0.29, 0.717) is 5.92 Å². The predicted octanol–water partition coefficient (Wildman–Crippen LogP) is 15.1. The second-order valence-electron chi connectivity index (χ2n) is 16.1. The fourth-order valence-corrected chi connectivity index (χ4v) is 9.05. The van der Waals surface area contributed by atoms with Gasteiger partial charge in [-0.25, -0.2) is 4.98 Å². The molecule has 0 atom stereocenters. The minimum absolute atomic E-state index is 0.369. The predicted molar refractivity (Wildman–Crippen MR) is 259 cm³/mol. The van der Waals surface area contributed by atoms with E-state index in [9.17, 15) is 0 Å². The first-order chi connectivity index (χ1) is 30.6. The molecule has 11 aromatic rings. The summed E-state index contributed by atoms with van der Waals surface area (Å²) in [5.41, 5.74) is 15.6. The van der Waals surface area contributed by atoms with Crippen molar-refractivity contribution in [2.24, 2.45) is 0 Å². The monoisotopic (exact) mass is 798 g/mol. The molecule has 0 bridgehead atoms. The molecule has 5 heteroatoms. The molecule has 0 N–H and O–H groups in total. The maximum absolute atomic E-state index is 5.00. The van der Waals surface area contributed by atoms with E-state index >= 15 is 0 Å². The molecule has 11 rings (SSSR count). The highest BCUT2D eigenvalue weighted by Gasteiger charge is 2.25. The van der Waals surface area contributed by atoms with Gasteiger partial charge in [-0.15, -0.1) is 0 Å². The minimum Gasteiger partial charge on any atom is -0.308 e. The Bertz CT molecular complexity index is 3320. The quantitative estimate of drug-likeness (QED) is 0.136. The van der Waals surface area contributed by atoms with Crippen molar-refractivity contribution in [2.45, 2.75) is 19.8 Å². The molecule has 62 heavy (non-hydrogen) atoms. The van der Waals surface area contributed by atoms with Crippen LogP contribution in [0.25, 0.3) is 72.3 Å². The number of hydrogen-bond donors (Lipinski definition) is 0. The van der Waals surface area contributed by atoms with Gasteiger partial charge in [0.2, 0.25) is 0 Å². The number of aromatic nitrogens is 4. The summed E-state index contributed by atoms with van der Waals surface area (Å²) >= 11 is 0. The molecule has 3 aromatic heterocycles. The van der Waals surface area contributed by atoms with Crippen molar-refractivity contribution in [3.8, 4) is 39.4 Å². The summed E-state index contributed by atoms with van der Waals surface area (Å²) < 4.78 is 6.91. The highest BCUT2D eigenvalue weighted by atomic mass is 15.2. The number of nitrogens with zero attached hydrogens (tertiary/aromatic N) is 5. The Balaban J connectivity index is 1.21. The normalized spacial score (nSPS) is 11.5. The molecule has 0 aliphatic carbocycles. The third-order valence-corrected chi connectivity index (χ3v) is 12.0. The fraction of sp³-hybridized carbons (Fsp3) is 0.0526. The van der Waals surface area contributed by atoms with Crippen molar-refractivity contribution < 1.29 is 0 Å². The van der Waals surface area contributed by atoms with Gasteiger partial charge in [-0.2, -0.15) is 9.13 Å². The van der Waals surface area contributed by atoms with E-state index in [1.54, 1.807) is 0 Å². The highest BCUT2D eigenvalue weighted by Crippen LogP contribution is 2.48. The maximum atomic E-state index is 5.00. The molecule has 296 valence electrons. The van der Waals surface area contributed by atoms with Gasteiger partial charge in [-0.1, -0.05) is 153 Å². The topological polar surface area (TPSA) is 30.9 Å². The molecule has 0 saturated carbocycles. The van der Waals surface area contributed by atoms with Crippen LogP contribution in [0.15, 0.2) is 225 Å². The zero-order valence-electron chi connectivity index (χ0n) is 34.7. The Morgan fingerprint density at radius 3 is 1.68 bits per heavy atom. The van der Waals surface area contributed by atoms with Crippen molar-refractivity contribution in [1.82, 2.24) is 18.7 Å². The number of hydrogen-bond acceptors (Lipinski definition) is 2. The maximum Gasteiger partial charge on any atom is 0.168 e. The zero-order chi connectivity index (χ0) is 41.6. The molecule has 0 aliphatic rings. The third-order valence-electron chi connectivity index (χ3n) is 12.0. The number of imidazole rings is 1. The van der Waals surface area contributed by atoms with Gasteiger partial charge in [0.25, 0.3) is 0 Å². The average Bonchev–Trinajstić information content (AvgIpc) is 3.89. The number of para-hydroxylation sites is 5. The number of pyridine rings is 1. The SMILES string of the molecule is CC(C)c1ccnc(-n2c3ccccc3c3ccc(N(c4cccc(-n5[cH+]n(-c6ccccc6)c6ccccc65)c4)c4c(-c5ccccc5)cccc4-c4ccccc4)cc32)c1. The van der Waals surface area contributed by atoms with Crippen molar-refractivity contribution in [2.75, 3.05) is 4.90 Å². The summed E-state index contributed by atoms with van der Waals surface area (Å²) in [6, 6.07) is 76.4. The minimum atomic E-state index is 0.369. The summed E-state index contributed by atoms with van der Waals surface area (Å²) in [5.74, 6) is 1.28. The zero-order valence-corrected chi connectivity index (χ0v) is 34.7. The largest absolute Gasteiger partial charge is 0.308 e. The lowest BCUT2D eigenvalue weighted by atomic mass is 9.94. The number of anilines is 3. The van der Waals surface area contributed by atoms with Crippen LogP contribution in [-0.4, -0.2) is 18.7 Å². The highest BCUT2D eigenvalue weighted by molar-refractivity contribution is 6.11. The van der Waals surface area contributed by atoms with E-state index in [2.05, 4.69) is 251 Å². The Morgan fingerprint density at radius 2 is 1.00 bits per heavy atom. The molecule has 8 aromatic carbocycles. The Kier molecular flexibility index (Phi) is 9.28. The molecular weight excluding hydrogens is 755 g/mol. The van der Waals surface area contributed by atoms with Crippen molar-refractivity contribution >= 4 is 49.9 Å². The third kappa shape index (κ3) is 6.43. The first-order valence-corrected chi connectivity index (χ1v) is 21.3. The van der Waals surface area contributed by atoms with Crippen LogP contribution < -0.4 is 4.90 Å². The van der Waals surface area contributed by atoms with Crippen LogP contribution in [0.1, 0.15) is 25.3 Å². The molecule has 0 radical (unpaired) electrons. The van der Waals surface area contributed by atoms with Gasteiger partial charge in [-0.05, 0) is 77.2 Å². The van der Waals surface area contributed by atoms with Crippen molar-refractivity contribution in [3.05, 3.63) is 230 Å². The first-order valence-electron chi connectivity index (χ1n) is 21.3. The lowest BCUT2D eigenvalue weighted by Gasteiger charge is -2.30. The second-order valence-corrected chi connectivity index (χ2v) is 16.1. The smallest absolute Gasteiger partial charge is 0.168 e. The molecule has 5 nitrogen and oxygen atoms in total. The van der Waals surface area contributed by atoms with Gasteiger partial charge in [-0.3, -0.25) is 4.57 Å². The molecule has 0 aliphatic heterocycles. The average molecular weight is 799 g/mol. The van der Waals surface area contributed by atoms with Crippen LogP contribution in [0.2, 0.25) is 0 Å². The number of rotatable bonds is 9. The van der Waals surface area contributed by atoms with Crippen molar-refractivity contribution in [1.29, 1.82) is 0 Å².